The molecule has 7 heteroatoms. The molecule has 136 valence electrons. The molecule has 0 spiro atoms. The van der Waals surface area contributed by atoms with E-state index in [1.807, 2.05) is 34.0 Å². The molecule has 0 atom stereocenters. The minimum Gasteiger partial charge on any atom is -0.390 e. The first-order valence-electron chi connectivity index (χ1n) is 9.09. The highest BCUT2D eigenvalue weighted by molar-refractivity contribution is 5.22. The lowest BCUT2D eigenvalue weighted by Gasteiger charge is -2.31. The zero-order chi connectivity index (χ0) is 17.8. The second-order valence-corrected chi connectivity index (χ2v) is 6.88. The SMILES string of the molecule is OCc1cn(C2CCN(Cc3ccc(Cn4cccn4)cc3)CC2)nn1. The number of piperidine rings is 1. The van der Waals surface area contributed by atoms with Gasteiger partial charge in [0.25, 0.3) is 0 Å². The van der Waals surface area contributed by atoms with Crippen LogP contribution in [0.2, 0.25) is 0 Å². The van der Waals surface area contributed by atoms with Crippen molar-refractivity contribution in [3.05, 3.63) is 65.7 Å². The van der Waals surface area contributed by atoms with Crippen molar-refractivity contribution in [1.82, 2.24) is 29.7 Å². The Labute approximate surface area is 152 Å². The lowest BCUT2D eigenvalue weighted by atomic mass is 10.0. The van der Waals surface area contributed by atoms with Crippen molar-refractivity contribution in [3.63, 3.8) is 0 Å². The average molecular weight is 352 g/mol. The molecular formula is C19H24N6O. The molecule has 1 fully saturated rings. The Hall–Kier alpha value is -2.51. The third-order valence-electron chi connectivity index (χ3n) is 4.98. The largest absolute Gasteiger partial charge is 0.390 e. The minimum absolute atomic E-state index is 0.0464. The summed E-state index contributed by atoms with van der Waals surface area (Å²) in [6.07, 6.45) is 7.77. The van der Waals surface area contributed by atoms with Gasteiger partial charge in [-0.25, -0.2) is 4.68 Å². The number of hydrogen-bond donors (Lipinski definition) is 1. The highest BCUT2D eigenvalue weighted by atomic mass is 16.3. The molecule has 3 heterocycles. The van der Waals surface area contributed by atoms with Crippen molar-refractivity contribution >= 4 is 0 Å². The minimum atomic E-state index is -0.0464. The molecule has 0 saturated carbocycles. The fourth-order valence-electron chi connectivity index (χ4n) is 3.50. The first-order chi connectivity index (χ1) is 12.8. The summed E-state index contributed by atoms with van der Waals surface area (Å²) in [6, 6.07) is 11.1. The normalized spacial score (nSPS) is 16.2. The standard InChI is InChI=1S/C19H24N6O/c26-15-18-14-25(22-21-18)19-6-10-23(11-7-19)12-16-2-4-17(5-3-16)13-24-9-1-8-20-24/h1-5,8-9,14,19,26H,6-7,10-13,15H2. The highest BCUT2D eigenvalue weighted by Gasteiger charge is 2.21. The predicted molar refractivity (Wildman–Crippen MR) is 97.3 cm³/mol. The van der Waals surface area contributed by atoms with Gasteiger partial charge in [-0.2, -0.15) is 5.10 Å². The molecule has 1 saturated heterocycles. The number of hydrogen-bond acceptors (Lipinski definition) is 5. The quantitative estimate of drug-likeness (QED) is 0.733. The van der Waals surface area contributed by atoms with Crippen molar-refractivity contribution in [1.29, 1.82) is 0 Å². The Morgan fingerprint density at radius 1 is 1.04 bits per heavy atom. The van der Waals surface area contributed by atoms with Crippen molar-refractivity contribution in [2.24, 2.45) is 0 Å². The van der Waals surface area contributed by atoms with Crippen LogP contribution in [0.15, 0.2) is 48.9 Å². The summed E-state index contributed by atoms with van der Waals surface area (Å²) in [7, 11) is 0. The predicted octanol–water partition coefficient (Wildman–Crippen LogP) is 1.85. The lowest BCUT2D eigenvalue weighted by molar-refractivity contribution is 0.172. The van der Waals surface area contributed by atoms with Crippen LogP contribution in [0.25, 0.3) is 0 Å². The third-order valence-corrected chi connectivity index (χ3v) is 4.98. The molecule has 0 aliphatic carbocycles. The van der Waals surface area contributed by atoms with Crippen molar-refractivity contribution < 1.29 is 5.11 Å². The average Bonchev–Trinajstić information content (AvgIpc) is 3.36. The fourth-order valence-corrected chi connectivity index (χ4v) is 3.50. The Kier molecular flexibility index (Phi) is 5.08. The number of rotatable bonds is 6. The molecule has 0 bridgehead atoms. The van der Waals surface area contributed by atoms with E-state index in [1.54, 1.807) is 0 Å². The number of aliphatic hydroxyl groups is 1. The van der Waals surface area contributed by atoms with E-state index < -0.39 is 0 Å². The molecule has 4 rings (SSSR count). The van der Waals surface area contributed by atoms with E-state index in [4.69, 9.17) is 5.11 Å². The molecule has 7 nitrogen and oxygen atoms in total. The van der Waals surface area contributed by atoms with Gasteiger partial charge in [-0.3, -0.25) is 9.58 Å². The van der Waals surface area contributed by atoms with Crippen LogP contribution in [-0.2, 0) is 19.7 Å². The maximum atomic E-state index is 9.12. The van der Waals surface area contributed by atoms with E-state index in [2.05, 4.69) is 44.6 Å². The van der Waals surface area contributed by atoms with Gasteiger partial charge < -0.3 is 5.11 Å². The van der Waals surface area contributed by atoms with Crippen LogP contribution in [-0.4, -0.2) is 47.9 Å². The maximum absolute atomic E-state index is 9.12. The van der Waals surface area contributed by atoms with Gasteiger partial charge in [0, 0.05) is 32.0 Å². The second kappa shape index (κ2) is 7.80. The van der Waals surface area contributed by atoms with Crippen molar-refractivity contribution in [2.75, 3.05) is 13.1 Å². The van der Waals surface area contributed by atoms with Crippen LogP contribution in [0.5, 0.6) is 0 Å². The van der Waals surface area contributed by atoms with Gasteiger partial charge in [0.1, 0.15) is 5.69 Å². The van der Waals surface area contributed by atoms with Gasteiger partial charge in [-0.15, -0.1) is 5.10 Å². The van der Waals surface area contributed by atoms with E-state index in [-0.39, 0.29) is 6.61 Å². The Morgan fingerprint density at radius 3 is 2.38 bits per heavy atom. The highest BCUT2D eigenvalue weighted by Crippen LogP contribution is 2.23. The zero-order valence-corrected chi connectivity index (χ0v) is 14.8. The van der Waals surface area contributed by atoms with E-state index in [0.717, 1.165) is 39.0 Å². The Balaban J connectivity index is 1.28. The van der Waals surface area contributed by atoms with Gasteiger partial charge in [-0.1, -0.05) is 29.5 Å². The lowest BCUT2D eigenvalue weighted by Crippen LogP contribution is -2.34. The molecule has 2 aromatic heterocycles. The molecule has 0 amide bonds. The van der Waals surface area contributed by atoms with E-state index in [0.29, 0.717) is 11.7 Å². The molecule has 1 aliphatic heterocycles. The van der Waals surface area contributed by atoms with Gasteiger partial charge in [0.2, 0.25) is 0 Å². The molecule has 1 aliphatic rings. The fraction of sp³-hybridized carbons (Fsp3) is 0.421. The smallest absolute Gasteiger partial charge is 0.108 e. The van der Waals surface area contributed by atoms with Crippen molar-refractivity contribution in [2.45, 2.75) is 38.6 Å². The Morgan fingerprint density at radius 2 is 1.77 bits per heavy atom. The molecule has 0 radical (unpaired) electrons. The number of benzene rings is 1. The van der Waals surface area contributed by atoms with Crippen LogP contribution >= 0.6 is 0 Å². The van der Waals surface area contributed by atoms with Crippen LogP contribution in [0.1, 0.15) is 35.7 Å². The monoisotopic (exact) mass is 352 g/mol. The van der Waals surface area contributed by atoms with Crippen LogP contribution in [0.4, 0.5) is 0 Å². The third kappa shape index (κ3) is 4.00. The van der Waals surface area contributed by atoms with Crippen LogP contribution in [0.3, 0.4) is 0 Å². The molecular weight excluding hydrogens is 328 g/mol. The van der Waals surface area contributed by atoms with E-state index in [9.17, 15) is 0 Å². The van der Waals surface area contributed by atoms with E-state index in [1.165, 1.54) is 11.1 Å². The molecule has 26 heavy (non-hydrogen) atoms. The topological polar surface area (TPSA) is 72.0 Å². The van der Waals surface area contributed by atoms with Crippen LogP contribution < -0.4 is 0 Å². The number of aromatic nitrogens is 5. The summed E-state index contributed by atoms with van der Waals surface area (Å²) in [4.78, 5) is 2.49. The van der Waals surface area contributed by atoms with E-state index >= 15 is 0 Å². The summed E-state index contributed by atoms with van der Waals surface area (Å²) >= 11 is 0. The number of aliphatic hydroxyl groups excluding tert-OH is 1. The molecule has 3 aromatic rings. The van der Waals surface area contributed by atoms with Gasteiger partial charge >= 0.3 is 0 Å². The summed E-state index contributed by atoms with van der Waals surface area (Å²) in [5.74, 6) is 0. The molecule has 1 aromatic carbocycles. The van der Waals surface area contributed by atoms with Gasteiger partial charge in [-0.05, 0) is 30.0 Å². The summed E-state index contributed by atoms with van der Waals surface area (Å²) < 4.78 is 3.85. The van der Waals surface area contributed by atoms with Gasteiger partial charge in [0.15, 0.2) is 0 Å². The van der Waals surface area contributed by atoms with Gasteiger partial charge in [0.05, 0.1) is 25.4 Å². The number of nitrogens with zero attached hydrogens (tertiary/aromatic N) is 6. The number of likely N-dealkylation sites (tertiary alicyclic amines) is 1. The summed E-state index contributed by atoms with van der Waals surface area (Å²) in [6.45, 7) is 3.84. The zero-order valence-electron chi connectivity index (χ0n) is 14.8. The summed E-state index contributed by atoms with van der Waals surface area (Å²) in [5, 5.41) is 21.5. The first kappa shape index (κ1) is 16.9. The second-order valence-electron chi connectivity index (χ2n) is 6.88. The summed E-state index contributed by atoms with van der Waals surface area (Å²) in [5.41, 5.74) is 3.25. The van der Waals surface area contributed by atoms with Crippen LogP contribution in [0, 0.1) is 0 Å². The Bertz CT molecular complexity index is 803. The maximum Gasteiger partial charge on any atom is 0.108 e. The molecule has 0 unspecified atom stereocenters. The van der Waals surface area contributed by atoms with Crippen molar-refractivity contribution in [3.8, 4) is 0 Å². The molecule has 1 N–H and O–H groups in total. The first-order valence-corrected chi connectivity index (χ1v) is 9.09.